The zero-order valence-electron chi connectivity index (χ0n) is 18.3. The van der Waals surface area contributed by atoms with Gasteiger partial charge in [0, 0.05) is 17.2 Å². The molecule has 4 aromatic carbocycles. The summed E-state index contributed by atoms with van der Waals surface area (Å²) < 4.78 is 59.0. The molecule has 0 bridgehead atoms. The van der Waals surface area contributed by atoms with Crippen molar-refractivity contribution in [3.05, 3.63) is 102 Å². The molecular weight excluding hydrogens is 445 g/mol. The Morgan fingerprint density at radius 2 is 1.09 bits per heavy atom. The molecule has 0 saturated carbocycles. The second-order valence-corrected chi connectivity index (χ2v) is 7.28. The Labute approximate surface area is 194 Å². The molecule has 0 aliphatic rings. The van der Waals surface area contributed by atoms with Crippen LogP contribution in [0, 0.1) is 17.5 Å². The third-order valence-electron chi connectivity index (χ3n) is 5.26. The summed E-state index contributed by atoms with van der Waals surface area (Å²) in [6, 6.07) is 19.2. The van der Waals surface area contributed by atoms with E-state index >= 15 is 0 Å². The number of carbonyl (C=O) groups excluding carboxylic acids is 1. The van der Waals surface area contributed by atoms with Gasteiger partial charge in [0.2, 0.25) is 0 Å². The highest BCUT2D eigenvalue weighted by Gasteiger charge is 2.18. The van der Waals surface area contributed by atoms with Crippen LogP contribution in [0.3, 0.4) is 0 Å². The number of halogens is 3. The smallest absolute Gasteiger partial charge is 0.346 e. The molecular formula is C27H19F3O4. The number of esters is 1. The Bertz CT molecular complexity index is 1330. The van der Waals surface area contributed by atoms with Crippen molar-refractivity contribution in [2.75, 3.05) is 14.2 Å². The lowest BCUT2D eigenvalue weighted by molar-refractivity contribution is 0.0730. The van der Waals surface area contributed by atoms with E-state index in [0.717, 1.165) is 6.07 Å². The lowest BCUT2D eigenvalue weighted by Crippen LogP contribution is -2.10. The van der Waals surface area contributed by atoms with Gasteiger partial charge in [0.1, 0.15) is 23.1 Å². The minimum atomic E-state index is -1.00. The van der Waals surface area contributed by atoms with Crippen molar-refractivity contribution in [3.63, 3.8) is 0 Å². The fourth-order valence-corrected chi connectivity index (χ4v) is 3.42. The lowest BCUT2D eigenvalue weighted by atomic mass is 9.98. The first-order chi connectivity index (χ1) is 16.4. The molecule has 7 heteroatoms. The van der Waals surface area contributed by atoms with Crippen molar-refractivity contribution < 1.29 is 32.2 Å². The third-order valence-corrected chi connectivity index (χ3v) is 5.26. The van der Waals surface area contributed by atoms with Crippen molar-refractivity contribution in [2.45, 2.75) is 0 Å². The molecule has 0 radical (unpaired) electrons. The third kappa shape index (κ3) is 4.59. The van der Waals surface area contributed by atoms with E-state index in [9.17, 15) is 18.0 Å². The quantitative estimate of drug-likeness (QED) is 0.236. The predicted octanol–water partition coefficient (Wildman–Crippen LogP) is 6.67. The molecule has 0 fully saturated rings. The van der Waals surface area contributed by atoms with Gasteiger partial charge >= 0.3 is 5.97 Å². The predicted molar refractivity (Wildman–Crippen MR) is 122 cm³/mol. The van der Waals surface area contributed by atoms with Gasteiger partial charge in [-0.2, -0.15) is 0 Å². The Hall–Kier alpha value is -4.26. The van der Waals surface area contributed by atoms with Crippen LogP contribution in [-0.2, 0) is 0 Å². The second kappa shape index (κ2) is 9.70. The van der Waals surface area contributed by atoms with Gasteiger partial charge in [0.05, 0.1) is 19.8 Å². The maximum atomic E-state index is 14.9. The van der Waals surface area contributed by atoms with E-state index in [1.54, 1.807) is 24.3 Å². The highest BCUT2D eigenvalue weighted by Crippen LogP contribution is 2.33. The molecule has 0 heterocycles. The molecule has 0 amide bonds. The molecule has 0 unspecified atom stereocenters. The first-order valence-corrected chi connectivity index (χ1v) is 10.2. The fraction of sp³-hybridized carbons (Fsp3) is 0.0741. The zero-order chi connectivity index (χ0) is 24.2. The minimum Gasteiger partial charge on any atom is -0.497 e. The van der Waals surface area contributed by atoms with E-state index in [1.807, 2.05) is 0 Å². The van der Waals surface area contributed by atoms with E-state index in [4.69, 9.17) is 14.2 Å². The van der Waals surface area contributed by atoms with Crippen molar-refractivity contribution in [1.29, 1.82) is 0 Å². The molecule has 4 nitrogen and oxygen atoms in total. The Morgan fingerprint density at radius 3 is 1.56 bits per heavy atom. The van der Waals surface area contributed by atoms with Gasteiger partial charge < -0.3 is 14.2 Å². The summed E-state index contributed by atoms with van der Waals surface area (Å²) in [4.78, 5) is 12.3. The Balaban J connectivity index is 1.54. The summed E-state index contributed by atoms with van der Waals surface area (Å²) in [5.74, 6) is -2.65. The molecule has 0 atom stereocenters. The Morgan fingerprint density at radius 1 is 0.618 bits per heavy atom. The summed E-state index contributed by atoms with van der Waals surface area (Å²) in [6.07, 6.45) is 0. The van der Waals surface area contributed by atoms with Gasteiger partial charge in [-0.1, -0.05) is 36.4 Å². The molecule has 172 valence electrons. The molecule has 0 aliphatic carbocycles. The van der Waals surface area contributed by atoms with Crippen LogP contribution < -0.4 is 14.2 Å². The maximum Gasteiger partial charge on any atom is 0.346 e. The number of methoxy groups -OCH3 is 2. The van der Waals surface area contributed by atoms with E-state index in [2.05, 4.69) is 0 Å². The molecule has 34 heavy (non-hydrogen) atoms. The first-order valence-electron chi connectivity index (χ1n) is 10.2. The van der Waals surface area contributed by atoms with E-state index in [1.165, 1.54) is 62.8 Å². The topological polar surface area (TPSA) is 44.8 Å². The van der Waals surface area contributed by atoms with Gasteiger partial charge in [-0.25, -0.2) is 18.0 Å². The van der Waals surface area contributed by atoms with Crippen LogP contribution in [0.5, 0.6) is 17.2 Å². The highest BCUT2D eigenvalue weighted by atomic mass is 19.2. The van der Waals surface area contributed by atoms with Gasteiger partial charge in [-0.3, -0.25) is 0 Å². The van der Waals surface area contributed by atoms with Gasteiger partial charge in [-0.15, -0.1) is 0 Å². The summed E-state index contributed by atoms with van der Waals surface area (Å²) >= 11 is 0. The second-order valence-electron chi connectivity index (χ2n) is 7.28. The molecule has 0 spiro atoms. The average molecular weight is 464 g/mol. The van der Waals surface area contributed by atoms with Crippen LogP contribution in [0.1, 0.15) is 10.4 Å². The summed E-state index contributed by atoms with van der Waals surface area (Å²) in [5.41, 5.74) is 0.807. The van der Waals surface area contributed by atoms with Gasteiger partial charge in [0.15, 0.2) is 11.6 Å². The largest absolute Gasteiger partial charge is 0.497 e. The van der Waals surface area contributed by atoms with Crippen molar-refractivity contribution in [2.24, 2.45) is 0 Å². The van der Waals surface area contributed by atoms with Crippen LogP contribution >= 0.6 is 0 Å². The SMILES string of the molecule is COc1ccc(-c2ccc(-c3ccc(OC(=O)c4ccc(OC)cc4F)cc3)c(F)c2F)cc1. The zero-order valence-corrected chi connectivity index (χ0v) is 18.3. The normalized spacial score (nSPS) is 10.6. The number of carbonyl (C=O) groups is 1. The van der Waals surface area contributed by atoms with E-state index < -0.39 is 23.4 Å². The maximum absolute atomic E-state index is 14.9. The summed E-state index contributed by atoms with van der Waals surface area (Å²) in [7, 11) is 2.91. The molecule has 0 N–H and O–H groups in total. The van der Waals surface area contributed by atoms with Crippen molar-refractivity contribution in [1.82, 2.24) is 0 Å². The van der Waals surface area contributed by atoms with Gasteiger partial charge in [-0.05, 0) is 47.5 Å². The lowest BCUT2D eigenvalue weighted by Gasteiger charge is -2.11. The summed E-state index contributed by atoms with van der Waals surface area (Å²) in [6.45, 7) is 0. The number of rotatable bonds is 6. The monoisotopic (exact) mass is 464 g/mol. The number of ether oxygens (including phenoxy) is 3. The molecule has 0 aliphatic heterocycles. The molecule has 4 rings (SSSR count). The molecule has 0 saturated heterocycles. The fourth-order valence-electron chi connectivity index (χ4n) is 3.42. The number of hydrogen-bond acceptors (Lipinski definition) is 4. The number of benzene rings is 4. The minimum absolute atomic E-state index is 0.0498. The van der Waals surface area contributed by atoms with Crippen LogP contribution in [0.25, 0.3) is 22.3 Å². The average Bonchev–Trinajstić information content (AvgIpc) is 2.86. The van der Waals surface area contributed by atoms with Crippen molar-refractivity contribution >= 4 is 5.97 Å². The van der Waals surface area contributed by atoms with E-state index in [0.29, 0.717) is 16.9 Å². The standard InChI is InChI=1S/C27H19F3O4/c1-32-18-7-3-16(4-8-18)21-13-14-22(26(30)25(21)29)17-5-9-19(10-6-17)34-27(31)23-12-11-20(33-2)15-24(23)28/h3-15H,1-2H3. The Kier molecular flexibility index (Phi) is 6.54. The highest BCUT2D eigenvalue weighted by molar-refractivity contribution is 5.91. The van der Waals surface area contributed by atoms with Crippen LogP contribution in [0.4, 0.5) is 13.2 Å². The van der Waals surface area contributed by atoms with Crippen LogP contribution in [0.15, 0.2) is 78.9 Å². The number of hydrogen-bond donors (Lipinski definition) is 0. The first kappa shape index (κ1) is 22.9. The van der Waals surface area contributed by atoms with Crippen LogP contribution in [-0.4, -0.2) is 20.2 Å². The molecule has 4 aromatic rings. The van der Waals surface area contributed by atoms with Gasteiger partial charge in [0.25, 0.3) is 0 Å². The summed E-state index contributed by atoms with van der Waals surface area (Å²) in [5, 5.41) is 0. The van der Waals surface area contributed by atoms with E-state index in [-0.39, 0.29) is 28.2 Å². The van der Waals surface area contributed by atoms with Crippen molar-refractivity contribution in [3.8, 4) is 39.5 Å². The molecule has 0 aromatic heterocycles. The van der Waals surface area contributed by atoms with Crippen LogP contribution in [0.2, 0.25) is 0 Å².